The summed E-state index contributed by atoms with van der Waals surface area (Å²) < 4.78 is 43.1. The predicted octanol–water partition coefficient (Wildman–Crippen LogP) is 3.20. The largest absolute Gasteiger partial charge is 0.463 e. The van der Waals surface area contributed by atoms with Gasteiger partial charge in [0.1, 0.15) is 5.69 Å². The van der Waals surface area contributed by atoms with Crippen molar-refractivity contribution in [3.05, 3.63) is 52.6 Å². The van der Waals surface area contributed by atoms with E-state index in [0.29, 0.717) is 11.1 Å². The fourth-order valence-electron chi connectivity index (χ4n) is 1.94. The number of hydrogen-bond acceptors (Lipinski definition) is 3. The summed E-state index contributed by atoms with van der Waals surface area (Å²) in [6.07, 6.45) is -3.08. The zero-order valence-electron chi connectivity index (χ0n) is 9.86. The van der Waals surface area contributed by atoms with E-state index in [2.05, 4.69) is 9.97 Å². The molecule has 0 unspecified atom stereocenters. The van der Waals surface area contributed by atoms with Gasteiger partial charge in [-0.3, -0.25) is 0 Å². The van der Waals surface area contributed by atoms with E-state index in [1.807, 2.05) is 0 Å². The summed E-state index contributed by atoms with van der Waals surface area (Å²) in [7, 11) is 0. The first-order valence-electron chi connectivity index (χ1n) is 5.60. The van der Waals surface area contributed by atoms with Gasteiger partial charge in [-0.25, -0.2) is 4.79 Å². The number of furan rings is 1. The third-order valence-electron chi connectivity index (χ3n) is 2.81. The number of benzene rings is 1. The lowest BCUT2D eigenvalue weighted by molar-refractivity contribution is -0.137. The smallest absolute Gasteiger partial charge is 0.416 e. The van der Waals surface area contributed by atoms with Crippen molar-refractivity contribution in [3.63, 3.8) is 0 Å². The fourth-order valence-corrected chi connectivity index (χ4v) is 1.94. The maximum atomic E-state index is 12.7. The number of halogens is 3. The monoisotopic (exact) mass is 280 g/mol. The Bertz CT molecular complexity index is 820. The van der Waals surface area contributed by atoms with Gasteiger partial charge in [-0.1, -0.05) is 0 Å². The first-order chi connectivity index (χ1) is 9.45. The molecule has 0 atom stereocenters. The molecule has 3 rings (SSSR count). The van der Waals surface area contributed by atoms with E-state index < -0.39 is 17.4 Å². The van der Waals surface area contributed by atoms with Gasteiger partial charge in [0.2, 0.25) is 0 Å². The van der Waals surface area contributed by atoms with E-state index in [-0.39, 0.29) is 11.2 Å². The minimum Gasteiger partial charge on any atom is -0.463 e. The Morgan fingerprint density at radius 2 is 2.00 bits per heavy atom. The van der Waals surface area contributed by atoms with Crippen molar-refractivity contribution < 1.29 is 17.6 Å². The highest BCUT2D eigenvalue weighted by molar-refractivity contribution is 5.91. The Labute approximate surface area is 109 Å². The first kappa shape index (κ1) is 12.5. The summed E-state index contributed by atoms with van der Waals surface area (Å²) in [4.78, 5) is 17.5. The van der Waals surface area contributed by atoms with E-state index >= 15 is 0 Å². The zero-order chi connectivity index (χ0) is 14.3. The number of nitrogens with one attached hydrogen (secondary N) is 1. The number of alkyl halides is 3. The summed E-state index contributed by atoms with van der Waals surface area (Å²) in [5.74, 6) is 0.320. The molecule has 0 aliphatic rings. The molecule has 7 heteroatoms. The lowest BCUT2D eigenvalue weighted by atomic mass is 10.1. The van der Waals surface area contributed by atoms with Gasteiger partial charge >= 0.3 is 11.9 Å². The zero-order valence-corrected chi connectivity index (χ0v) is 9.86. The molecular formula is C13H7F3N2O2. The van der Waals surface area contributed by atoms with E-state index in [0.717, 1.165) is 12.1 Å². The third-order valence-corrected chi connectivity index (χ3v) is 2.81. The fraction of sp³-hybridized carbons (Fsp3) is 0.0769. The van der Waals surface area contributed by atoms with Crippen LogP contribution in [0, 0.1) is 0 Å². The first-order valence-corrected chi connectivity index (χ1v) is 5.60. The average Bonchev–Trinajstić information content (AvgIpc) is 2.89. The predicted molar refractivity (Wildman–Crippen MR) is 65.1 cm³/mol. The second-order valence-corrected chi connectivity index (χ2v) is 4.13. The van der Waals surface area contributed by atoms with Gasteiger partial charge < -0.3 is 9.40 Å². The van der Waals surface area contributed by atoms with Crippen molar-refractivity contribution in [2.45, 2.75) is 6.18 Å². The van der Waals surface area contributed by atoms with Crippen molar-refractivity contribution in [2.24, 2.45) is 0 Å². The molecule has 2 aromatic heterocycles. The molecule has 0 aliphatic carbocycles. The minimum absolute atomic E-state index is 0.0613. The molecule has 0 aliphatic heterocycles. The topological polar surface area (TPSA) is 58.9 Å². The molecule has 4 nitrogen and oxygen atoms in total. The summed E-state index contributed by atoms with van der Waals surface area (Å²) in [5.41, 5.74) is -1.30. The molecule has 0 saturated heterocycles. The Morgan fingerprint density at radius 1 is 1.20 bits per heavy atom. The van der Waals surface area contributed by atoms with Crippen LogP contribution in [-0.4, -0.2) is 9.97 Å². The van der Waals surface area contributed by atoms with Crippen LogP contribution in [0.15, 0.2) is 45.8 Å². The summed E-state index contributed by atoms with van der Waals surface area (Å²) in [6, 6.07) is 6.27. The van der Waals surface area contributed by atoms with Crippen LogP contribution in [0.1, 0.15) is 5.56 Å². The highest BCUT2D eigenvalue weighted by atomic mass is 19.4. The van der Waals surface area contributed by atoms with Crippen molar-refractivity contribution in [1.82, 2.24) is 9.97 Å². The Kier molecular flexibility index (Phi) is 2.63. The van der Waals surface area contributed by atoms with Gasteiger partial charge in [-0.15, -0.1) is 0 Å². The number of rotatable bonds is 1. The Balaban J connectivity index is 2.31. The van der Waals surface area contributed by atoms with E-state index in [1.54, 1.807) is 12.1 Å². The number of fused-ring (bicyclic) bond motifs is 1. The molecule has 3 aromatic rings. The average molecular weight is 280 g/mol. The van der Waals surface area contributed by atoms with E-state index in [1.165, 1.54) is 12.3 Å². The van der Waals surface area contributed by atoms with Crippen LogP contribution in [0.2, 0.25) is 0 Å². The van der Waals surface area contributed by atoms with E-state index in [9.17, 15) is 18.0 Å². The van der Waals surface area contributed by atoms with Crippen molar-refractivity contribution in [2.75, 3.05) is 0 Å². The highest BCUT2D eigenvalue weighted by Crippen LogP contribution is 2.32. The molecule has 20 heavy (non-hydrogen) atoms. The lowest BCUT2D eigenvalue weighted by Crippen LogP contribution is -2.12. The Morgan fingerprint density at radius 3 is 2.65 bits per heavy atom. The van der Waals surface area contributed by atoms with Gasteiger partial charge in [0, 0.05) is 5.39 Å². The molecular weight excluding hydrogens is 273 g/mol. The maximum Gasteiger partial charge on any atom is 0.416 e. The van der Waals surface area contributed by atoms with Gasteiger partial charge in [0.05, 0.1) is 17.3 Å². The molecule has 2 heterocycles. The number of H-pyrrole nitrogens is 1. The number of aromatic nitrogens is 2. The van der Waals surface area contributed by atoms with Crippen LogP contribution in [0.25, 0.3) is 22.4 Å². The Hall–Kier alpha value is -2.57. The molecule has 0 fully saturated rings. The summed E-state index contributed by atoms with van der Waals surface area (Å²) >= 11 is 0. The summed E-state index contributed by atoms with van der Waals surface area (Å²) in [5, 5.41) is 0.382. The van der Waals surface area contributed by atoms with Gasteiger partial charge in [-0.05, 0) is 30.3 Å². The van der Waals surface area contributed by atoms with Crippen molar-refractivity contribution in [3.8, 4) is 11.5 Å². The molecule has 102 valence electrons. The molecule has 0 radical (unpaired) electrons. The van der Waals surface area contributed by atoms with E-state index in [4.69, 9.17) is 4.42 Å². The second-order valence-electron chi connectivity index (χ2n) is 4.13. The highest BCUT2D eigenvalue weighted by Gasteiger charge is 2.30. The van der Waals surface area contributed by atoms with Crippen LogP contribution < -0.4 is 5.69 Å². The third kappa shape index (κ3) is 2.07. The minimum atomic E-state index is -4.47. The number of hydrogen-bond donors (Lipinski definition) is 1. The van der Waals surface area contributed by atoms with Gasteiger partial charge in [-0.2, -0.15) is 18.2 Å². The summed E-state index contributed by atoms with van der Waals surface area (Å²) in [6.45, 7) is 0. The quantitative estimate of drug-likeness (QED) is 0.744. The lowest BCUT2D eigenvalue weighted by Gasteiger charge is -2.08. The molecule has 1 aromatic carbocycles. The molecule has 1 N–H and O–H groups in total. The second kappa shape index (κ2) is 4.22. The molecule has 0 amide bonds. The normalized spacial score (nSPS) is 11.9. The van der Waals surface area contributed by atoms with Crippen LogP contribution in [0.5, 0.6) is 0 Å². The molecule has 0 saturated carbocycles. The van der Waals surface area contributed by atoms with Crippen LogP contribution in [0.3, 0.4) is 0 Å². The van der Waals surface area contributed by atoms with Crippen LogP contribution >= 0.6 is 0 Å². The van der Waals surface area contributed by atoms with Gasteiger partial charge in [0.25, 0.3) is 0 Å². The number of nitrogens with zero attached hydrogens (tertiary/aromatic N) is 1. The standard InChI is InChI=1S/C13H7F3N2O2/c14-13(15,16)7-3-4-8-9(6-7)17-12(19)18-11(8)10-2-1-5-20-10/h1-6H,(H,17,18,19). The molecule has 0 bridgehead atoms. The van der Waals surface area contributed by atoms with Crippen LogP contribution in [-0.2, 0) is 6.18 Å². The SMILES string of the molecule is O=c1nc(-c2ccco2)c2ccc(C(F)(F)F)cc2[nH]1. The molecule has 0 spiro atoms. The van der Waals surface area contributed by atoms with Crippen molar-refractivity contribution >= 4 is 10.9 Å². The number of aromatic amines is 1. The maximum absolute atomic E-state index is 12.7. The van der Waals surface area contributed by atoms with Gasteiger partial charge in [0.15, 0.2) is 5.76 Å². The van der Waals surface area contributed by atoms with Crippen LogP contribution in [0.4, 0.5) is 13.2 Å². The van der Waals surface area contributed by atoms with Crippen molar-refractivity contribution in [1.29, 1.82) is 0 Å².